The maximum Gasteiger partial charge on any atom is 0.246 e. The molecule has 16 heavy (non-hydrogen) atoms. The van der Waals surface area contributed by atoms with E-state index in [1.807, 2.05) is 0 Å². The first kappa shape index (κ1) is 10.8. The van der Waals surface area contributed by atoms with Gasteiger partial charge in [0, 0.05) is 18.8 Å². The summed E-state index contributed by atoms with van der Waals surface area (Å²) in [6.07, 6.45) is 4.06. The highest BCUT2D eigenvalue weighted by Crippen LogP contribution is 2.14. The van der Waals surface area contributed by atoms with Crippen LogP contribution in [0.2, 0.25) is 0 Å². The zero-order chi connectivity index (χ0) is 11.5. The van der Waals surface area contributed by atoms with Crippen molar-refractivity contribution in [3.63, 3.8) is 0 Å². The predicted molar refractivity (Wildman–Crippen MR) is 57.0 cm³/mol. The van der Waals surface area contributed by atoms with Crippen LogP contribution in [0.1, 0.15) is 18.4 Å². The standard InChI is InChI=1S/C11H13N3O2/c12-9-1-2-10(15)14(11(9)16)7-8-3-5-13-6-4-8/h3-6,9H,1-2,7,12H2/t9-/m0/s1. The first-order chi connectivity index (χ1) is 7.68. The Labute approximate surface area is 93.3 Å². The normalized spacial score (nSPS) is 21.3. The summed E-state index contributed by atoms with van der Waals surface area (Å²) in [7, 11) is 0. The van der Waals surface area contributed by atoms with Crippen LogP contribution in [-0.2, 0) is 16.1 Å². The van der Waals surface area contributed by atoms with E-state index in [1.165, 1.54) is 4.90 Å². The van der Waals surface area contributed by atoms with Gasteiger partial charge in [-0.25, -0.2) is 0 Å². The topological polar surface area (TPSA) is 76.3 Å². The number of nitrogens with two attached hydrogens (primary N) is 1. The second-order valence-electron chi connectivity index (χ2n) is 3.82. The molecule has 2 heterocycles. The molecule has 0 aromatic carbocycles. The molecule has 2 amide bonds. The number of rotatable bonds is 2. The number of hydrogen-bond donors (Lipinski definition) is 1. The van der Waals surface area contributed by atoms with Crippen molar-refractivity contribution in [2.75, 3.05) is 0 Å². The third-order valence-corrected chi connectivity index (χ3v) is 2.64. The van der Waals surface area contributed by atoms with Crippen molar-refractivity contribution in [1.29, 1.82) is 0 Å². The Hall–Kier alpha value is -1.75. The van der Waals surface area contributed by atoms with E-state index in [-0.39, 0.29) is 18.4 Å². The Balaban J connectivity index is 2.13. The van der Waals surface area contributed by atoms with Gasteiger partial charge in [0.05, 0.1) is 12.6 Å². The molecule has 0 bridgehead atoms. The highest BCUT2D eigenvalue weighted by Gasteiger charge is 2.31. The van der Waals surface area contributed by atoms with Gasteiger partial charge in [-0.15, -0.1) is 0 Å². The molecule has 84 valence electrons. The first-order valence-corrected chi connectivity index (χ1v) is 5.17. The van der Waals surface area contributed by atoms with E-state index >= 15 is 0 Å². The van der Waals surface area contributed by atoms with Gasteiger partial charge in [0.2, 0.25) is 11.8 Å². The van der Waals surface area contributed by atoms with E-state index in [9.17, 15) is 9.59 Å². The second kappa shape index (κ2) is 4.40. The molecule has 0 unspecified atom stereocenters. The van der Waals surface area contributed by atoms with Gasteiger partial charge in [-0.1, -0.05) is 0 Å². The van der Waals surface area contributed by atoms with Gasteiger partial charge < -0.3 is 5.73 Å². The molecule has 1 aliphatic heterocycles. The molecular weight excluding hydrogens is 206 g/mol. The van der Waals surface area contributed by atoms with E-state index in [0.717, 1.165) is 5.56 Å². The molecule has 1 fully saturated rings. The van der Waals surface area contributed by atoms with Crippen molar-refractivity contribution in [2.24, 2.45) is 5.73 Å². The lowest BCUT2D eigenvalue weighted by Crippen LogP contribution is -2.50. The second-order valence-corrected chi connectivity index (χ2v) is 3.82. The molecule has 1 saturated heterocycles. The molecule has 0 radical (unpaired) electrons. The Kier molecular flexibility index (Phi) is 2.96. The molecule has 1 aliphatic rings. The molecule has 1 aromatic heterocycles. The number of likely N-dealkylation sites (tertiary alicyclic amines) is 1. The minimum Gasteiger partial charge on any atom is -0.320 e. The van der Waals surface area contributed by atoms with Crippen molar-refractivity contribution < 1.29 is 9.59 Å². The van der Waals surface area contributed by atoms with Crippen molar-refractivity contribution >= 4 is 11.8 Å². The fourth-order valence-corrected chi connectivity index (χ4v) is 1.70. The van der Waals surface area contributed by atoms with Crippen molar-refractivity contribution in [2.45, 2.75) is 25.4 Å². The minimum absolute atomic E-state index is 0.150. The molecule has 2 rings (SSSR count). The SMILES string of the molecule is N[C@H]1CCC(=O)N(Cc2ccncc2)C1=O. The van der Waals surface area contributed by atoms with Gasteiger partial charge in [0.25, 0.3) is 0 Å². The van der Waals surface area contributed by atoms with Gasteiger partial charge in [-0.3, -0.25) is 19.5 Å². The van der Waals surface area contributed by atoms with E-state index < -0.39 is 6.04 Å². The van der Waals surface area contributed by atoms with Gasteiger partial charge in [0.1, 0.15) is 0 Å². The Morgan fingerprint density at radius 2 is 2.06 bits per heavy atom. The molecule has 1 atom stereocenters. The fourth-order valence-electron chi connectivity index (χ4n) is 1.70. The smallest absolute Gasteiger partial charge is 0.246 e. The lowest BCUT2D eigenvalue weighted by atomic mass is 10.0. The van der Waals surface area contributed by atoms with Crippen molar-refractivity contribution in [1.82, 2.24) is 9.88 Å². The monoisotopic (exact) mass is 219 g/mol. The van der Waals surface area contributed by atoms with Crippen LogP contribution >= 0.6 is 0 Å². The summed E-state index contributed by atoms with van der Waals surface area (Å²) in [5, 5.41) is 0. The van der Waals surface area contributed by atoms with Crippen LogP contribution < -0.4 is 5.73 Å². The van der Waals surface area contributed by atoms with Crippen LogP contribution in [0.5, 0.6) is 0 Å². The number of hydrogen-bond acceptors (Lipinski definition) is 4. The molecule has 1 aromatic rings. The lowest BCUT2D eigenvalue weighted by molar-refractivity contribution is -0.149. The van der Waals surface area contributed by atoms with Crippen LogP contribution in [0.25, 0.3) is 0 Å². The summed E-state index contributed by atoms with van der Waals surface area (Å²) < 4.78 is 0. The third-order valence-electron chi connectivity index (χ3n) is 2.64. The molecule has 2 N–H and O–H groups in total. The zero-order valence-electron chi connectivity index (χ0n) is 8.80. The fraction of sp³-hybridized carbons (Fsp3) is 0.364. The van der Waals surface area contributed by atoms with E-state index in [4.69, 9.17) is 5.73 Å². The minimum atomic E-state index is -0.542. The van der Waals surface area contributed by atoms with Crippen LogP contribution in [0.4, 0.5) is 0 Å². The molecule has 0 spiro atoms. The lowest BCUT2D eigenvalue weighted by Gasteiger charge is -2.28. The van der Waals surface area contributed by atoms with Crippen molar-refractivity contribution in [3.8, 4) is 0 Å². The van der Waals surface area contributed by atoms with Crippen LogP contribution in [0.15, 0.2) is 24.5 Å². The summed E-state index contributed by atoms with van der Waals surface area (Å²) >= 11 is 0. The van der Waals surface area contributed by atoms with Crippen LogP contribution in [0.3, 0.4) is 0 Å². The number of pyridine rings is 1. The third kappa shape index (κ3) is 2.09. The number of carbonyl (C=O) groups is 2. The summed E-state index contributed by atoms with van der Waals surface area (Å²) in [6, 6.07) is 3.01. The number of nitrogens with zero attached hydrogens (tertiary/aromatic N) is 2. The quantitative estimate of drug-likeness (QED) is 0.713. The van der Waals surface area contributed by atoms with Crippen LogP contribution in [0, 0.1) is 0 Å². The van der Waals surface area contributed by atoms with Crippen molar-refractivity contribution in [3.05, 3.63) is 30.1 Å². The summed E-state index contributed by atoms with van der Waals surface area (Å²) in [5.41, 5.74) is 6.51. The molecule has 5 heteroatoms. The summed E-state index contributed by atoms with van der Waals surface area (Å²) in [4.78, 5) is 28.4. The maximum absolute atomic E-state index is 11.7. The average Bonchev–Trinajstić information content (AvgIpc) is 2.31. The molecule has 5 nitrogen and oxygen atoms in total. The number of imide groups is 1. The average molecular weight is 219 g/mol. The van der Waals surface area contributed by atoms with E-state index in [2.05, 4.69) is 4.98 Å². The predicted octanol–water partition coefficient (Wildman–Crippen LogP) is 0.0579. The number of carbonyl (C=O) groups excluding carboxylic acids is 2. The Morgan fingerprint density at radius 1 is 1.38 bits per heavy atom. The molecule has 0 saturated carbocycles. The summed E-state index contributed by atoms with van der Waals surface area (Å²) in [6.45, 7) is 0.286. The highest BCUT2D eigenvalue weighted by atomic mass is 16.2. The number of aromatic nitrogens is 1. The van der Waals surface area contributed by atoms with Gasteiger partial charge >= 0.3 is 0 Å². The zero-order valence-corrected chi connectivity index (χ0v) is 8.80. The number of amides is 2. The Morgan fingerprint density at radius 3 is 2.75 bits per heavy atom. The van der Waals surface area contributed by atoms with Gasteiger partial charge in [-0.2, -0.15) is 0 Å². The molecular formula is C11H13N3O2. The van der Waals surface area contributed by atoms with E-state index in [0.29, 0.717) is 12.8 Å². The van der Waals surface area contributed by atoms with Crippen LogP contribution in [-0.4, -0.2) is 27.7 Å². The summed E-state index contributed by atoms with van der Waals surface area (Å²) in [5.74, 6) is -0.434. The maximum atomic E-state index is 11.7. The van der Waals surface area contributed by atoms with Gasteiger partial charge in [-0.05, 0) is 24.1 Å². The first-order valence-electron chi connectivity index (χ1n) is 5.17. The van der Waals surface area contributed by atoms with Gasteiger partial charge in [0.15, 0.2) is 0 Å². The highest BCUT2D eigenvalue weighted by molar-refractivity contribution is 6.00. The molecule has 0 aliphatic carbocycles. The largest absolute Gasteiger partial charge is 0.320 e. The van der Waals surface area contributed by atoms with E-state index in [1.54, 1.807) is 24.5 Å². The Bertz CT molecular complexity index is 405. The number of piperidine rings is 1.